The molecule has 0 aliphatic rings. The predicted octanol–water partition coefficient (Wildman–Crippen LogP) is 3.23. The van der Waals surface area contributed by atoms with Gasteiger partial charge in [0.1, 0.15) is 0 Å². The Morgan fingerprint density at radius 3 is 2.56 bits per heavy atom. The molecule has 0 bridgehead atoms. The Balaban J connectivity index is 2.38. The molecule has 0 aromatic heterocycles. The molecule has 1 aromatic rings. The van der Waals surface area contributed by atoms with E-state index in [0.717, 1.165) is 5.56 Å². The second-order valence-corrected chi connectivity index (χ2v) is 4.54. The monoisotopic (exact) mass is 269 g/mol. The van der Waals surface area contributed by atoms with Crippen molar-refractivity contribution in [2.24, 2.45) is 0 Å². The van der Waals surface area contributed by atoms with Crippen LogP contribution in [0.1, 0.15) is 31.2 Å². The third-order valence-corrected chi connectivity index (χ3v) is 2.76. The van der Waals surface area contributed by atoms with E-state index in [2.05, 4.69) is 5.32 Å². The molecule has 1 aromatic carbocycles. The summed E-state index contributed by atoms with van der Waals surface area (Å²) >= 11 is 5.98. The molecule has 0 heterocycles. The fraction of sp³-hybridized carbons (Fsp3) is 0.385. The van der Waals surface area contributed by atoms with Crippen LogP contribution in [0.4, 0.5) is 5.69 Å². The van der Waals surface area contributed by atoms with E-state index in [0.29, 0.717) is 30.0 Å². The number of nitrogens with one attached hydrogen (secondary N) is 1. The van der Waals surface area contributed by atoms with Gasteiger partial charge in [-0.2, -0.15) is 0 Å². The number of carbonyl (C=O) groups excluding carboxylic acids is 1. The van der Waals surface area contributed by atoms with Gasteiger partial charge in [-0.1, -0.05) is 17.7 Å². The number of unbranched alkanes of at least 4 members (excludes halogenated alkanes) is 1. The van der Waals surface area contributed by atoms with E-state index in [-0.39, 0.29) is 12.3 Å². The number of aliphatic carboxylic acids is 1. The zero-order valence-electron chi connectivity index (χ0n) is 10.2. The van der Waals surface area contributed by atoms with Gasteiger partial charge in [-0.15, -0.1) is 0 Å². The molecule has 0 unspecified atom stereocenters. The van der Waals surface area contributed by atoms with Crippen molar-refractivity contribution in [1.29, 1.82) is 0 Å². The molecule has 4 nitrogen and oxygen atoms in total. The van der Waals surface area contributed by atoms with Crippen molar-refractivity contribution in [1.82, 2.24) is 0 Å². The van der Waals surface area contributed by atoms with Crippen LogP contribution < -0.4 is 5.32 Å². The summed E-state index contributed by atoms with van der Waals surface area (Å²) < 4.78 is 0. The normalized spacial score (nSPS) is 10.1. The number of carboxylic acids is 1. The number of aryl methyl sites for hydroxylation is 1. The van der Waals surface area contributed by atoms with E-state index in [1.54, 1.807) is 12.1 Å². The maximum atomic E-state index is 11.6. The van der Waals surface area contributed by atoms with Gasteiger partial charge in [0.15, 0.2) is 0 Å². The minimum Gasteiger partial charge on any atom is -0.481 e. The summed E-state index contributed by atoms with van der Waals surface area (Å²) in [5, 5.41) is 11.7. The largest absolute Gasteiger partial charge is 0.481 e. The SMILES string of the molecule is Cc1ccc(NC(=O)CCCCC(=O)O)c(Cl)c1. The highest BCUT2D eigenvalue weighted by molar-refractivity contribution is 6.33. The maximum absolute atomic E-state index is 11.6. The molecule has 0 aliphatic carbocycles. The van der Waals surface area contributed by atoms with Crippen LogP contribution in [-0.4, -0.2) is 17.0 Å². The molecule has 2 N–H and O–H groups in total. The van der Waals surface area contributed by atoms with Crippen LogP contribution in [0.2, 0.25) is 5.02 Å². The summed E-state index contributed by atoms with van der Waals surface area (Å²) in [6.07, 6.45) is 1.46. The van der Waals surface area contributed by atoms with Gasteiger partial charge in [0, 0.05) is 12.8 Å². The van der Waals surface area contributed by atoms with Crippen molar-refractivity contribution < 1.29 is 14.7 Å². The number of rotatable bonds is 6. The Hall–Kier alpha value is -1.55. The summed E-state index contributed by atoms with van der Waals surface area (Å²) in [4.78, 5) is 21.9. The lowest BCUT2D eigenvalue weighted by Gasteiger charge is -2.07. The quantitative estimate of drug-likeness (QED) is 0.779. The zero-order chi connectivity index (χ0) is 13.5. The average molecular weight is 270 g/mol. The standard InChI is InChI=1S/C13H16ClNO3/c1-9-6-7-11(10(14)8-9)15-12(16)4-2-3-5-13(17)18/h6-8H,2-5H2,1H3,(H,15,16)(H,17,18). The second kappa shape index (κ2) is 7.01. The zero-order valence-corrected chi connectivity index (χ0v) is 11.0. The smallest absolute Gasteiger partial charge is 0.303 e. The Morgan fingerprint density at radius 2 is 1.94 bits per heavy atom. The van der Waals surface area contributed by atoms with Crippen LogP contribution in [0.25, 0.3) is 0 Å². The number of anilines is 1. The second-order valence-electron chi connectivity index (χ2n) is 4.13. The average Bonchev–Trinajstić information content (AvgIpc) is 2.28. The molecule has 0 atom stereocenters. The molecule has 0 radical (unpaired) electrons. The summed E-state index contributed by atoms with van der Waals surface area (Å²) in [7, 11) is 0. The Morgan fingerprint density at radius 1 is 1.28 bits per heavy atom. The maximum Gasteiger partial charge on any atom is 0.303 e. The summed E-state index contributed by atoms with van der Waals surface area (Å²) in [6.45, 7) is 1.92. The van der Waals surface area contributed by atoms with Gasteiger partial charge in [0.25, 0.3) is 0 Å². The Kier molecular flexibility index (Phi) is 5.65. The van der Waals surface area contributed by atoms with Crippen molar-refractivity contribution in [3.8, 4) is 0 Å². The van der Waals surface area contributed by atoms with E-state index >= 15 is 0 Å². The molecule has 0 aliphatic heterocycles. The first-order chi connectivity index (χ1) is 8.49. The fourth-order valence-electron chi connectivity index (χ4n) is 1.50. The van der Waals surface area contributed by atoms with Gasteiger partial charge in [0.2, 0.25) is 5.91 Å². The van der Waals surface area contributed by atoms with Gasteiger partial charge >= 0.3 is 5.97 Å². The van der Waals surface area contributed by atoms with E-state index in [9.17, 15) is 9.59 Å². The number of hydrogen-bond donors (Lipinski definition) is 2. The van der Waals surface area contributed by atoms with Crippen molar-refractivity contribution in [3.63, 3.8) is 0 Å². The molecule has 5 heteroatoms. The van der Waals surface area contributed by atoms with Crippen LogP contribution in [0.15, 0.2) is 18.2 Å². The number of hydrogen-bond acceptors (Lipinski definition) is 2. The topological polar surface area (TPSA) is 66.4 Å². The molecular weight excluding hydrogens is 254 g/mol. The molecule has 0 saturated heterocycles. The van der Waals surface area contributed by atoms with E-state index < -0.39 is 5.97 Å². The Labute approximate surface area is 111 Å². The van der Waals surface area contributed by atoms with Crippen molar-refractivity contribution >= 4 is 29.2 Å². The highest BCUT2D eigenvalue weighted by Crippen LogP contribution is 2.22. The Bertz CT molecular complexity index is 446. The van der Waals surface area contributed by atoms with Gasteiger partial charge in [-0.25, -0.2) is 0 Å². The van der Waals surface area contributed by atoms with Crippen LogP contribution in [0.3, 0.4) is 0 Å². The molecule has 0 fully saturated rings. The fourth-order valence-corrected chi connectivity index (χ4v) is 1.78. The number of amides is 1. The molecule has 0 saturated carbocycles. The summed E-state index contributed by atoms with van der Waals surface area (Å²) in [5.41, 5.74) is 1.62. The lowest BCUT2D eigenvalue weighted by Crippen LogP contribution is -2.11. The number of halogens is 1. The minimum atomic E-state index is -0.836. The third kappa shape index (κ3) is 5.19. The van der Waals surface area contributed by atoms with E-state index in [4.69, 9.17) is 16.7 Å². The first-order valence-electron chi connectivity index (χ1n) is 5.77. The van der Waals surface area contributed by atoms with E-state index in [1.807, 2.05) is 13.0 Å². The minimum absolute atomic E-state index is 0.0958. The first kappa shape index (κ1) is 14.5. The third-order valence-electron chi connectivity index (χ3n) is 2.44. The molecule has 0 spiro atoms. The predicted molar refractivity (Wildman–Crippen MR) is 70.9 cm³/mol. The highest BCUT2D eigenvalue weighted by atomic mass is 35.5. The molecule has 18 heavy (non-hydrogen) atoms. The first-order valence-corrected chi connectivity index (χ1v) is 6.14. The number of benzene rings is 1. The lowest BCUT2D eigenvalue weighted by atomic mass is 10.2. The summed E-state index contributed by atoms with van der Waals surface area (Å²) in [6, 6.07) is 5.40. The van der Waals surface area contributed by atoms with Gasteiger partial charge in [-0.05, 0) is 37.5 Å². The molecule has 98 valence electrons. The highest BCUT2D eigenvalue weighted by Gasteiger charge is 2.06. The van der Waals surface area contributed by atoms with Gasteiger partial charge in [0.05, 0.1) is 10.7 Å². The summed E-state index contributed by atoms with van der Waals surface area (Å²) in [5.74, 6) is -0.983. The lowest BCUT2D eigenvalue weighted by molar-refractivity contribution is -0.137. The van der Waals surface area contributed by atoms with Crippen LogP contribution in [0.5, 0.6) is 0 Å². The van der Waals surface area contributed by atoms with Crippen LogP contribution in [0, 0.1) is 6.92 Å². The number of carbonyl (C=O) groups is 2. The van der Waals surface area contributed by atoms with Gasteiger partial charge in [-0.3, -0.25) is 9.59 Å². The van der Waals surface area contributed by atoms with Crippen LogP contribution in [-0.2, 0) is 9.59 Å². The van der Waals surface area contributed by atoms with Crippen molar-refractivity contribution in [2.45, 2.75) is 32.6 Å². The van der Waals surface area contributed by atoms with Gasteiger partial charge < -0.3 is 10.4 Å². The molecular formula is C13H16ClNO3. The van der Waals surface area contributed by atoms with Crippen LogP contribution >= 0.6 is 11.6 Å². The molecule has 1 rings (SSSR count). The molecule has 1 amide bonds. The number of carboxylic acid groups (broad SMARTS) is 1. The van der Waals surface area contributed by atoms with Crippen molar-refractivity contribution in [2.75, 3.05) is 5.32 Å². The van der Waals surface area contributed by atoms with E-state index in [1.165, 1.54) is 0 Å². The van der Waals surface area contributed by atoms with Crippen molar-refractivity contribution in [3.05, 3.63) is 28.8 Å².